The lowest BCUT2D eigenvalue weighted by molar-refractivity contribution is 0.180. The Morgan fingerprint density at radius 2 is 2.20 bits per heavy atom. The van der Waals surface area contributed by atoms with Crippen LogP contribution in [0.5, 0.6) is 0 Å². The maximum atomic E-state index is 9.64. The van der Waals surface area contributed by atoms with Crippen LogP contribution < -0.4 is 5.32 Å². The fourth-order valence-corrected chi connectivity index (χ4v) is 1.75. The van der Waals surface area contributed by atoms with Crippen molar-refractivity contribution in [2.24, 2.45) is 0 Å². The van der Waals surface area contributed by atoms with Crippen LogP contribution in [0.4, 0.5) is 0 Å². The molecule has 0 fully saturated rings. The molecule has 0 spiro atoms. The van der Waals surface area contributed by atoms with Gasteiger partial charge in [-0.2, -0.15) is 0 Å². The molecular weight excluding hydrogens is 188 g/mol. The van der Waals surface area contributed by atoms with Crippen molar-refractivity contribution >= 4 is 10.9 Å². The lowest BCUT2D eigenvalue weighted by Crippen LogP contribution is -2.22. The van der Waals surface area contributed by atoms with Gasteiger partial charge in [0.15, 0.2) is 0 Å². The number of rotatable bonds is 4. The normalized spacial score (nSPS) is 13.2. The highest BCUT2D eigenvalue weighted by Crippen LogP contribution is 2.15. The number of aliphatic hydroxyl groups excluding tert-OH is 1. The van der Waals surface area contributed by atoms with Gasteiger partial charge in [0.05, 0.1) is 19.2 Å². The predicted octanol–water partition coefficient (Wildman–Crippen LogP) is 1.38. The minimum absolute atomic E-state index is 0.467. The van der Waals surface area contributed by atoms with Crippen molar-refractivity contribution in [2.45, 2.75) is 12.6 Å². The molecule has 0 bridgehead atoms. The smallest absolute Gasteiger partial charge is 0.0887 e. The molecule has 0 amide bonds. The topological polar surface area (TPSA) is 37.2 Å². The van der Waals surface area contributed by atoms with Crippen molar-refractivity contribution in [3.05, 3.63) is 43.1 Å². The molecule has 1 radical (unpaired) electrons. The summed E-state index contributed by atoms with van der Waals surface area (Å²) in [6.07, 6.45) is 1.53. The van der Waals surface area contributed by atoms with E-state index in [1.807, 2.05) is 22.9 Å². The SMILES string of the molecule is CN[CH]C(O)Cn1ccc2ccccc21. The molecule has 2 rings (SSSR count). The molecule has 0 aliphatic rings. The van der Waals surface area contributed by atoms with E-state index >= 15 is 0 Å². The van der Waals surface area contributed by atoms with Gasteiger partial charge in [-0.3, -0.25) is 0 Å². The zero-order chi connectivity index (χ0) is 10.7. The van der Waals surface area contributed by atoms with Gasteiger partial charge in [-0.1, -0.05) is 18.2 Å². The Kier molecular flexibility index (Phi) is 3.04. The molecule has 3 nitrogen and oxygen atoms in total. The molecule has 0 aliphatic carbocycles. The number of hydrogen-bond acceptors (Lipinski definition) is 2. The molecule has 1 unspecified atom stereocenters. The van der Waals surface area contributed by atoms with Crippen LogP contribution >= 0.6 is 0 Å². The van der Waals surface area contributed by atoms with E-state index in [0.29, 0.717) is 6.54 Å². The summed E-state index contributed by atoms with van der Waals surface area (Å²) in [7, 11) is 1.79. The second-order valence-electron chi connectivity index (χ2n) is 3.55. The number of benzene rings is 1. The molecule has 2 N–H and O–H groups in total. The highest BCUT2D eigenvalue weighted by molar-refractivity contribution is 5.79. The number of aliphatic hydroxyl groups is 1. The minimum Gasteiger partial charge on any atom is -0.390 e. The van der Waals surface area contributed by atoms with Crippen molar-refractivity contribution in [3.63, 3.8) is 0 Å². The maximum Gasteiger partial charge on any atom is 0.0887 e. The quantitative estimate of drug-likeness (QED) is 0.787. The van der Waals surface area contributed by atoms with Crippen LogP contribution in [0.1, 0.15) is 0 Å². The fraction of sp³-hybridized carbons (Fsp3) is 0.250. The molecule has 15 heavy (non-hydrogen) atoms. The van der Waals surface area contributed by atoms with Crippen LogP contribution in [0.3, 0.4) is 0 Å². The first-order chi connectivity index (χ1) is 7.31. The van der Waals surface area contributed by atoms with Gasteiger partial charge in [-0.15, -0.1) is 0 Å². The predicted molar refractivity (Wildman–Crippen MR) is 61.3 cm³/mol. The molecule has 1 aromatic carbocycles. The van der Waals surface area contributed by atoms with Crippen molar-refractivity contribution in [2.75, 3.05) is 7.05 Å². The lowest BCUT2D eigenvalue weighted by Gasteiger charge is -2.11. The highest BCUT2D eigenvalue weighted by Gasteiger charge is 2.06. The summed E-state index contributed by atoms with van der Waals surface area (Å²) in [6.45, 7) is 2.25. The summed E-state index contributed by atoms with van der Waals surface area (Å²) in [6, 6.07) is 10.2. The monoisotopic (exact) mass is 203 g/mol. The minimum atomic E-state index is -0.467. The van der Waals surface area contributed by atoms with Gasteiger partial charge in [0, 0.05) is 11.7 Å². The molecule has 0 aliphatic heterocycles. The molecule has 0 saturated carbocycles. The maximum absolute atomic E-state index is 9.64. The van der Waals surface area contributed by atoms with E-state index in [-0.39, 0.29) is 0 Å². The lowest BCUT2D eigenvalue weighted by atomic mass is 10.2. The second kappa shape index (κ2) is 4.47. The molecule has 0 saturated heterocycles. The van der Waals surface area contributed by atoms with Gasteiger partial charge in [0.1, 0.15) is 0 Å². The van der Waals surface area contributed by atoms with E-state index in [9.17, 15) is 5.11 Å². The number of fused-ring (bicyclic) bond motifs is 1. The number of para-hydroxylation sites is 1. The van der Waals surface area contributed by atoms with Crippen molar-refractivity contribution in [3.8, 4) is 0 Å². The van der Waals surface area contributed by atoms with E-state index in [4.69, 9.17) is 0 Å². The Balaban J connectivity index is 2.21. The largest absolute Gasteiger partial charge is 0.390 e. The standard InChI is InChI=1S/C12H15N2O/c1-13-8-11(15)9-14-7-6-10-4-2-3-5-12(10)14/h2-8,11,13,15H,9H2,1H3. The highest BCUT2D eigenvalue weighted by atomic mass is 16.3. The van der Waals surface area contributed by atoms with E-state index in [1.165, 1.54) is 5.39 Å². The van der Waals surface area contributed by atoms with E-state index in [1.54, 1.807) is 13.6 Å². The second-order valence-corrected chi connectivity index (χ2v) is 3.55. The Labute approximate surface area is 89.3 Å². The summed E-state index contributed by atoms with van der Waals surface area (Å²) in [5, 5.41) is 13.7. The van der Waals surface area contributed by atoms with Crippen LogP contribution in [0.15, 0.2) is 36.5 Å². The Bertz CT molecular complexity index is 436. The van der Waals surface area contributed by atoms with Gasteiger partial charge in [-0.05, 0) is 24.6 Å². The van der Waals surface area contributed by atoms with Crippen LogP contribution in [0, 0.1) is 6.54 Å². The van der Waals surface area contributed by atoms with Crippen LogP contribution in [-0.4, -0.2) is 22.8 Å². The molecule has 79 valence electrons. The third-order valence-electron chi connectivity index (χ3n) is 2.42. The Hall–Kier alpha value is -1.32. The number of hydrogen-bond donors (Lipinski definition) is 2. The van der Waals surface area contributed by atoms with Crippen LogP contribution in [0.25, 0.3) is 10.9 Å². The summed E-state index contributed by atoms with van der Waals surface area (Å²) >= 11 is 0. The summed E-state index contributed by atoms with van der Waals surface area (Å²) in [5.74, 6) is 0. The third kappa shape index (κ3) is 2.19. The molecule has 1 atom stereocenters. The number of nitrogens with zero attached hydrogens (tertiary/aromatic N) is 1. The molecule has 1 aromatic heterocycles. The average Bonchev–Trinajstić information content (AvgIpc) is 2.62. The van der Waals surface area contributed by atoms with Gasteiger partial charge >= 0.3 is 0 Å². The van der Waals surface area contributed by atoms with Gasteiger partial charge in [-0.25, -0.2) is 0 Å². The first-order valence-electron chi connectivity index (χ1n) is 5.04. The van der Waals surface area contributed by atoms with Gasteiger partial charge < -0.3 is 15.0 Å². The van der Waals surface area contributed by atoms with Crippen molar-refractivity contribution in [1.82, 2.24) is 9.88 Å². The number of nitrogens with one attached hydrogen (secondary N) is 1. The fourth-order valence-electron chi connectivity index (χ4n) is 1.75. The van der Waals surface area contributed by atoms with Gasteiger partial charge in [0.25, 0.3) is 0 Å². The van der Waals surface area contributed by atoms with E-state index < -0.39 is 6.10 Å². The van der Waals surface area contributed by atoms with Crippen molar-refractivity contribution in [1.29, 1.82) is 0 Å². The Morgan fingerprint density at radius 3 is 3.00 bits per heavy atom. The number of likely N-dealkylation sites (N-methyl/N-ethyl adjacent to an activating group) is 1. The first-order valence-corrected chi connectivity index (χ1v) is 5.04. The Morgan fingerprint density at radius 1 is 1.40 bits per heavy atom. The zero-order valence-corrected chi connectivity index (χ0v) is 8.72. The summed E-state index contributed by atoms with van der Waals surface area (Å²) in [5.41, 5.74) is 1.15. The summed E-state index contributed by atoms with van der Waals surface area (Å²) < 4.78 is 2.05. The van der Waals surface area contributed by atoms with Crippen LogP contribution in [0.2, 0.25) is 0 Å². The summed E-state index contributed by atoms with van der Waals surface area (Å²) in [4.78, 5) is 0. The van der Waals surface area contributed by atoms with Gasteiger partial charge in [0.2, 0.25) is 0 Å². The molecule has 2 aromatic rings. The molecule has 3 heteroatoms. The van der Waals surface area contributed by atoms with E-state index in [2.05, 4.69) is 23.5 Å². The zero-order valence-electron chi connectivity index (χ0n) is 8.72. The van der Waals surface area contributed by atoms with E-state index in [0.717, 1.165) is 5.52 Å². The van der Waals surface area contributed by atoms with Crippen LogP contribution in [-0.2, 0) is 6.54 Å². The average molecular weight is 203 g/mol. The van der Waals surface area contributed by atoms with Crippen molar-refractivity contribution < 1.29 is 5.11 Å². The number of aromatic nitrogens is 1. The molecular formula is C12H15N2O. The first kappa shape index (κ1) is 10.2. The molecule has 1 heterocycles. The third-order valence-corrected chi connectivity index (χ3v) is 2.42.